The van der Waals surface area contributed by atoms with Crippen molar-refractivity contribution in [3.05, 3.63) is 30.7 Å². The average Bonchev–Trinajstić information content (AvgIpc) is 2.18. The second-order valence-corrected chi connectivity index (χ2v) is 3.67. The molecule has 0 nitrogen and oxygen atoms in total. The molecule has 0 heterocycles. The first-order valence-electron chi connectivity index (χ1n) is 5.62. The van der Waals surface area contributed by atoms with Gasteiger partial charge in [-0.1, -0.05) is 24.3 Å². The van der Waals surface area contributed by atoms with Crippen LogP contribution in [0.15, 0.2) is 24.3 Å². The molecule has 0 aromatic carbocycles. The highest BCUT2D eigenvalue weighted by Crippen LogP contribution is 2.08. The van der Waals surface area contributed by atoms with Gasteiger partial charge in [0.1, 0.15) is 0 Å². The molecule has 0 atom stereocenters. The second kappa shape index (κ2) is 8.10. The zero-order chi connectivity index (χ0) is 9.19. The Kier molecular flexibility index (Phi) is 6.58. The highest BCUT2D eigenvalue weighted by atomic mass is 14.0. The van der Waals surface area contributed by atoms with Gasteiger partial charge in [0.05, 0.1) is 0 Å². The van der Waals surface area contributed by atoms with Crippen LogP contribution in [0.1, 0.15) is 51.4 Å². The summed E-state index contributed by atoms with van der Waals surface area (Å²) in [5.74, 6) is 0. The molecule has 0 saturated carbocycles. The lowest BCUT2D eigenvalue weighted by Crippen LogP contribution is -1.78. The predicted octanol–water partition coefficient (Wildman–Crippen LogP) is 4.44. The van der Waals surface area contributed by atoms with Crippen molar-refractivity contribution in [1.82, 2.24) is 0 Å². The molecule has 0 spiro atoms. The minimum Gasteiger partial charge on any atom is -0.0885 e. The molecule has 1 radical (unpaired) electrons. The van der Waals surface area contributed by atoms with Gasteiger partial charge in [-0.3, -0.25) is 0 Å². The molecule has 0 bridgehead atoms. The third kappa shape index (κ3) is 6.62. The first-order chi connectivity index (χ1) is 6.50. The third-order valence-electron chi connectivity index (χ3n) is 2.39. The van der Waals surface area contributed by atoms with E-state index in [1.807, 2.05) is 0 Å². The van der Waals surface area contributed by atoms with Crippen molar-refractivity contribution in [2.45, 2.75) is 51.4 Å². The molecule has 1 rings (SSSR count). The molecule has 0 fully saturated rings. The Morgan fingerprint density at radius 2 is 0.923 bits per heavy atom. The summed E-state index contributed by atoms with van der Waals surface area (Å²) in [4.78, 5) is 0. The maximum absolute atomic E-state index is 2.44. The number of rotatable bonds is 0. The van der Waals surface area contributed by atoms with E-state index in [1.54, 1.807) is 0 Å². The molecule has 0 saturated heterocycles. The number of hydrogen-bond acceptors (Lipinski definition) is 0. The zero-order valence-electron chi connectivity index (χ0n) is 8.54. The van der Waals surface area contributed by atoms with E-state index in [2.05, 4.69) is 30.7 Å². The molecule has 1 aliphatic rings. The molecule has 0 amide bonds. The topological polar surface area (TPSA) is 0 Å². The van der Waals surface area contributed by atoms with E-state index in [0.29, 0.717) is 0 Å². The first kappa shape index (κ1) is 10.6. The average molecular weight is 177 g/mol. The van der Waals surface area contributed by atoms with E-state index >= 15 is 0 Å². The molecule has 0 N–H and O–H groups in total. The van der Waals surface area contributed by atoms with E-state index in [1.165, 1.54) is 51.4 Å². The summed E-state index contributed by atoms with van der Waals surface area (Å²) in [5.41, 5.74) is 0. The van der Waals surface area contributed by atoms with E-state index < -0.39 is 0 Å². The van der Waals surface area contributed by atoms with Crippen molar-refractivity contribution in [1.29, 1.82) is 0 Å². The Labute approximate surface area is 82.7 Å². The third-order valence-corrected chi connectivity index (χ3v) is 2.39. The SMILES string of the molecule is [CH]1CCCC=CCCC=CCCC1. The maximum atomic E-state index is 2.44. The summed E-state index contributed by atoms with van der Waals surface area (Å²) >= 11 is 0. The van der Waals surface area contributed by atoms with Crippen LogP contribution in [-0.4, -0.2) is 0 Å². The van der Waals surface area contributed by atoms with Crippen LogP contribution in [0.2, 0.25) is 0 Å². The van der Waals surface area contributed by atoms with Gasteiger partial charge in [0.2, 0.25) is 0 Å². The molecule has 0 aromatic heterocycles. The Balaban J connectivity index is 2.18. The Morgan fingerprint density at radius 3 is 1.46 bits per heavy atom. The monoisotopic (exact) mass is 177 g/mol. The van der Waals surface area contributed by atoms with Gasteiger partial charge in [-0.15, -0.1) is 0 Å². The van der Waals surface area contributed by atoms with Crippen LogP contribution in [0.25, 0.3) is 0 Å². The molecular formula is C13H21. The standard InChI is InChI=1S/C13H21/c1-2-4-6-8-10-12-13-11-9-7-5-3-1/h1-2,7,9-10H,3-6,8,11-13H2. The molecule has 1 aliphatic carbocycles. The predicted molar refractivity (Wildman–Crippen MR) is 59.5 cm³/mol. The minimum absolute atomic E-state index is 1.22. The van der Waals surface area contributed by atoms with Gasteiger partial charge in [0.25, 0.3) is 0 Å². The summed E-state index contributed by atoms with van der Waals surface area (Å²) in [6.07, 6.45) is 22.0. The summed E-state index contributed by atoms with van der Waals surface area (Å²) < 4.78 is 0. The van der Waals surface area contributed by atoms with Gasteiger partial charge in [-0.2, -0.15) is 0 Å². The van der Waals surface area contributed by atoms with E-state index in [0.717, 1.165) is 0 Å². The van der Waals surface area contributed by atoms with Gasteiger partial charge in [0, 0.05) is 0 Å². The van der Waals surface area contributed by atoms with Gasteiger partial charge in [-0.05, 0) is 57.8 Å². The molecule has 0 heteroatoms. The van der Waals surface area contributed by atoms with Crippen LogP contribution in [0.4, 0.5) is 0 Å². The molecule has 73 valence electrons. The molecule has 0 aliphatic heterocycles. The van der Waals surface area contributed by atoms with E-state index in [4.69, 9.17) is 0 Å². The van der Waals surface area contributed by atoms with Gasteiger partial charge < -0.3 is 0 Å². The molecular weight excluding hydrogens is 156 g/mol. The van der Waals surface area contributed by atoms with Crippen molar-refractivity contribution in [3.63, 3.8) is 0 Å². The minimum atomic E-state index is 1.22. The highest BCUT2D eigenvalue weighted by molar-refractivity contribution is 4.89. The van der Waals surface area contributed by atoms with Crippen LogP contribution in [0.5, 0.6) is 0 Å². The Morgan fingerprint density at radius 1 is 0.462 bits per heavy atom. The van der Waals surface area contributed by atoms with Gasteiger partial charge in [-0.25, -0.2) is 0 Å². The number of allylic oxidation sites excluding steroid dienone is 4. The van der Waals surface area contributed by atoms with Crippen LogP contribution in [-0.2, 0) is 0 Å². The van der Waals surface area contributed by atoms with Crippen molar-refractivity contribution < 1.29 is 0 Å². The maximum Gasteiger partial charge on any atom is -0.0316 e. The van der Waals surface area contributed by atoms with E-state index in [-0.39, 0.29) is 0 Å². The van der Waals surface area contributed by atoms with Crippen LogP contribution < -0.4 is 0 Å². The normalized spacial score (nSPS) is 21.5. The largest absolute Gasteiger partial charge is 0.0885 e. The summed E-state index contributed by atoms with van der Waals surface area (Å²) in [6.45, 7) is 0. The fourth-order valence-corrected chi connectivity index (χ4v) is 1.57. The van der Waals surface area contributed by atoms with E-state index in [9.17, 15) is 0 Å². The van der Waals surface area contributed by atoms with Crippen molar-refractivity contribution in [2.24, 2.45) is 0 Å². The lowest BCUT2D eigenvalue weighted by atomic mass is 10.1. The fraction of sp³-hybridized carbons (Fsp3) is 0.615. The quantitative estimate of drug-likeness (QED) is 0.480. The van der Waals surface area contributed by atoms with Crippen molar-refractivity contribution in [3.8, 4) is 0 Å². The van der Waals surface area contributed by atoms with Crippen LogP contribution >= 0.6 is 0 Å². The summed E-state index contributed by atoms with van der Waals surface area (Å²) in [7, 11) is 0. The smallest absolute Gasteiger partial charge is 0.0316 e. The molecule has 0 aromatic rings. The zero-order valence-corrected chi connectivity index (χ0v) is 8.54. The lowest BCUT2D eigenvalue weighted by Gasteiger charge is -1.96. The fourth-order valence-electron chi connectivity index (χ4n) is 1.57. The van der Waals surface area contributed by atoms with Crippen LogP contribution in [0.3, 0.4) is 0 Å². The van der Waals surface area contributed by atoms with Gasteiger partial charge in [0.15, 0.2) is 0 Å². The lowest BCUT2D eigenvalue weighted by molar-refractivity contribution is 0.740. The summed E-state index contributed by atoms with van der Waals surface area (Å²) in [5, 5.41) is 0. The van der Waals surface area contributed by atoms with Gasteiger partial charge >= 0.3 is 0 Å². The second-order valence-electron chi connectivity index (χ2n) is 3.67. The van der Waals surface area contributed by atoms with Crippen molar-refractivity contribution in [2.75, 3.05) is 0 Å². The Hall–Kier alpha value is -0.520. The Bertz CT molecular complexity index is 135. The first-order valence-corrected chi connectivity index (χ1v) is 5.62. The van der Waals surface area contributed by atoms with Crippen molar-refractivity contribution >= 4 is 0 Å². The highest BCUT2D eigenvalue weighted by Gasteiger charge is 1.90. The molecule has 0 unspecified atom stereocenters. The summed E-state index contributed by atoms with van der Waals surface area (Å²) in [6, 6.07) is 0. The molecule has 13 heavy (non-hydrogen) atoms. The van der Waals surface area contributed by atoms with Crippen LogP contribution in [0, 0.1) is 6.42 Å². The number of hydrogen-bond donors (Lipinski definition) is 0.